The Morgan fingerprint density at radius 2 is 1.96 bits per heavy atom. The second kappa shape index (κ2) is 8.90. The largest absolute Gasteiger partial charge is 0.483 e. The molecule has 148 valence electrons. The highest BCUT2D eigenvalue weighted by Gasteiger charge is 2.18. The zero-order valence-corrected chi connectivity index (χ0v) is 17.5. The zero-order chi connectivity index (χ0) is 20.3. The Morgan fingerprint density at radius 3 is 2.64 bits per heavy atom. The number of ether oxygens (including phenoxy) is 1. The number of carbonyl (C=O) groups is 1. The third kappa shape index (κ3) is 4.63. The molecule has 1 unspecified atom stereocenters. The van der Waals surface area contributed by atoms with Crippen LogP contribution >= 0.6 is 34.8 Å². The van der Waals surface area contributed by atoms with Crippen molar-refractivity contribution in [2.45, 2.75) is 33.0 Å². The van der Waals surface area contributed by atoms with Gasteiger partial charge in [0, 0.05) is 17.8 Å². The number of aryl methyl sites for hydroxylation is 1. The molecule has 0 bridgehead atoms. The molecule has 0 saturated carbocycles. The molecule has 2 aromatic heterocycles. The predicted molar refractivity (Wildman–Crippen MR) is 108 cm³/mol. The molecule has 6 nitrogen and oxygen atoms in total. The molecule has 3 aromatic rings. The molecular formula is C19H18Cl3N3O3. The quantitative estimate of drug-likeness (QED) is 0.522. The molecule has 0 spiro atoms. The van der Waals surface area contributed by atoms with Crippen LogP contribution < -0.4 is 10.1 Å². The SMILES string of the molecule is CCn1nccc1C(C)NC(=O)c1ccc(COc2c(Cl)cc(Cl)cc2Cl)o1. The molecule has 0 fully saturated rings. The van der Waals surface area contributed by atoms with Crippen molar-refractivity contribution in [3.63, 3.8) is 0 Å². The molecule has 1 atom stereocenters. The Labute approximate surface area is 177 Å². The molecule has 0 aliphatic carbocycles. The number of halogens is 3. The predicted octanol–water partition coefficient (Wildman–Crippen LogP) is 5.53. The number of nitrogens with one attached hydrogen (secondary N) is 1. The molecule has 0 aliphatic rings. The third-order valence-corrected chi connectivity index (χ3v) is 4.83. The van der Waals surface area contributed by atoms with E-state index in [2.05, 4.69) is 10.4 Å². The highest BCUT2D eigenvalue weighted by Crippen LogP contribution is 2.36. The minimum Gasteiger partial charge on any atom is -0.483 e. The Hall–Kier alpha value is -2.15. The van der Waals surface area contributed by atoms with Crippen molar-refractivity contribution in [3.8, 4) is 5.75 Å². The van der Waals surface area contributed by atoms with Gasteiger partial charge in [0.05, 0.1) is 21.8 Å². The maximum atomic E-state index is 12.5. The van der Waals surface area contributed by atoms with Gasteiger partial charge in [-0.05, 0) is 44.2 Å². The van der Waals surface area contributed by atoms with E-state index in [1.165, 1.54) is 12.1 Å². The summed E-state index contributed by atoms with van der Waals surface area (Å²) in [7, 11) is 0. The van der Waals surface area contributed by atoms with E-state index in [0.717, 1.165) is 12.2 Å². The van der Waals surface area contributed by atoms with Crippen molar-refractivity contribution in [2.75, 3.05) is 0 Å². The number of furan rings is 1. The highest BCUT2D eigenvalue weighted by molar-refractivity contribution is 6.40. The van der Waals surface area contributed by atoms with Gasteiger partial charge in [-0.2, -0.15) is 5.10 Å². The fraction of sp³-hybridized carbons (Fsp3) is 0.263. The average Bonchev–Trinajstić information content (AvgIpc) is 3.30. The Kier molecular flexibility index (Phi) is 6.54. The second-order valence-corrected chi connectivity index (χ2v) is 7.27. The van der Waals surface area contributed by atoms with E-state index >= 15 is 0 Å². The van der Waals surface area contributed by atoms with E-state index in [-0.39, 0.29) is 24.3 Å². The van der Waals surface area contributed by atoms with Gasteiger partial charge in [-0.25, -0.2) is 0 Å². The van der Waals surface area contributed by atoms with E-state index in [1.54, 1.807) is 18.3 Å². The first-order valence-corrected chi connectivity index (χ1v) is 9.71. The average molecular weight is 443 g/mol. The van der Waals surface area contributed by atoms with Crippen LogP contribution in [0.4, 0.5) is 0 Å². The highest BCUT2D eigenvalue weighted by atomic mass is 35.5. The Balaban J connectivity index is 1.63. The number of hydrogen-bond donors (Lipinski definition) is 1. The van der Waals surface area contributed by atoms with E-state index in [1.807, 2.05) is 24.6 Å². The molecule has 1 N–H and O–H groups in total. The van der Waals surface area contributed by atoms with Gasteiger partial charge in [0.1, 0.15) is 12.4 Å². The van der Waals surface area contributed by atoms with Crippen molar-refractivity contribution in [1.82, 2.24) is 15.1 Å². The second-order valence-electron chi connectivity index (χ2n) is 6.02. The summed E-state index contributed by atoms with van der Waals surface area (Å²) in [6, 6.07) is 7.97. The van der Waals surface area contributed by atoms with Crippen molar-refractivity contribution < 1.29 is 13.9 Å². The van der Waals surface area contributed by atoms with Crippen LogP contribution in [-0.2, 0) is 13.2 Å². The first kappa shape index (κ1) is 20.6. The van der Waals surface area contributed by atoms with E-state index < -0.39 is 0 Å². The van der Waals surface area contributed by atoms with Gasteiger partial charge in [0.2, 0.25) is 0 Å². The molecule has 2 heterocycles. The molecule has 28 heavy (non-hydrogen) atoms. The smallest absolute Gasteiger partial charge is 0.287 e. The van der Waals surface area contributed by atoms with Crippen LogP contribution in [0.5, 0.6) is 5.75 Å². The van der Waals surface area contributed by atoms with Crippen molar-refractivity contribution in [1.29, 1.82) is 0 Å². The number of carbonyl (C=O) groups excluding carboxylic acids is 1. The molecule has 1 amide bonds. The fourth-order valence-corrected chi connectivity index (χ4v) is 3.63. The molecule has 1 aromatic carbocycles. The molecule has 0 aliphatic heterocycles. The van der Waals surface area contributed by atoms with Crippen molar-refractivity contribution in [3.05, 3.63) is 68.8 Å². The Morgan fingerprint density at radius 1 is 1.25 bits per heavy atom. The van der Waals surface area contributed by atoms with Gasteiger partial charge in [0.25, 0.3) is 5.91 Å². The summed E-state index contributed by atoms with van der Waals surface area (Å²) < 4.78 is 13.0. The van der Waals surface area contributed by atoms with Gasteiger partial charge in [0.15, 0.2) is 11.5 Å². The number of hydrogen-bond acceptors (Lipinski definition) is 4. The molecule has 3 rings (SSSR count). The number of nitrogens with zero attached hydrogens (tertiary/aromatic N) is 2. The summed E-state index contributed by atoms with van der Waals surface area (Å²) in [5.41, 5.74) is 0.915. The lowest BCUT2D eigenvalue weighted by molar-refractivity contribution is 0.0906. The van der Waals surface area contributed by atoms with Crippen LogP contribution in [0, 0.1) is 0 Å². The van der Waals surface area contributed by atoms with E-state index in [9.17, 15) is 4.79 Å². The minimum absolute atomic E-state index is 0.0620. The van der Waals surface area contributed by atoms with E-state index in [0.29, 0.717) is 26.6 Å². The van der Waals surface area contributed by atoms with Crippen LogP contribution in [0.2, 0.25) is 15.1 Å². The van der Waals surface area contributed by atoms with Gasteiger partial charge < -0.3 is 14.5 Å². The summed E-state index contributed by atoms with van der Waals surface area (Å²) in [4.78, 5) is 12.5. The maximum Gasteiger partial charge on any atom is 0.287 e. The molecular weight excluding hydrogens is 425 g/mol. The number of amides is 1. The van der Waals surface area contributed by atoms with Crippen LogP contribution in [0.1, 0.15) is 41.9 Å². The fourth-order valence-electron chi connectivity index (χ4n) is 2.70. The standard InChI is InChI=1S/C19H18Cl3N3O3/c1-3-25-16(6-7-23-25)11(2)24-19(26)17-5-4-13(28-17)10-27-18-14(21)8-12(20)9-15(18)22/h4-9,11H,3,10H2,1-2H3,(H,24,26). The molecule has 9 heteroatoms. The zero-order valence-electron chi connectivity index (χ0n) is 15.2. The van der Waals surface area contributed by atoms with Gasteiger partial charge in [-0.1, -0.05) is 34.8 Å². The van der Waals surface area contributed by atoms with Crippen molar-refractivity contribution >= 4 is 40.7 Å². The summed E-state index contributed by atoms with van der Waals surface area (Å²) in [5.74, 6) is 0.613. The normalized spacial score (nSPS) is 12.0. The summed E-state index contributed by atoms with van der Waals surface area (Å²) in [6.07, 6.45) is 1.71. The molecule has 0 saturated heterocycles. The number of aromatic nitrogens is 2. The van der Waals surface area contributed by atoms with E-state index in [4.69, 9.17) is 44.0 Å². The van der Waals surface area contributed by atoms with Crippen LogP contribution in [0.25, 0.3) is 0 Å². The summed E-state index contributed by atoms with van der Waals surface area (Å²) in [6.45, 7) is 4.66. The first-order chi connectivity index (χ1) is 13.4. The maximum absolute atomic E-state index is 12.5. The number of benzene rings is 1. The van der Waals surface area contributed by atoms with Crippen LogP contribution in [0.3, 0.4) is 0 Å². The van der Waals surface area contributed by atoms with Gasteiger partial charge in [-0.15, -0.1) is 0 Å². The number of rotatable bonds is 7. The summed E-state index contributed by atoms with van der Waals surface area (Å²) >= 11 is 18.1. The molecule has 0 radical (unpaired) electrons. The third-order valence-electron chi connectivity index (χ3n) is 4.05. The summed E-state index contributed by atoms with van der Waals surface area (Å²) in [5, 5.41) is 8.11. The lowest BCUT2D eigenvalue weighted by Crippen LogP contribution is -2.28. The van der Waals surface area contributed by atoms with Crippen molar-refractivity contribution in [2.24, 2.45) is 0 Å². The minimum atomic E-state index is -0.329. The monoisotopic (exact) mass is 441 g/mol. The van der Waals surface area contributed by atoms with Crippen LogP contribution in [0.15, 0.2) is 40.9 Å². The van der Waals surface area contributed by atoms with Crippen LogP contribution in [-0.4, -0.2) is 15.7 Å². The lowest BCUT2D eigenvalue weighted by atomic mass is 10.2. The first-order valence-electron chi connectivity index (χ1n) is 8.57. The Bertz CT molecular complexity index is 961. The van der Waals surface area contributed by atoms with Gasteiger partial charge in [-0.3, -0.25) is 9.48 Å². The van der Waals surface area contributed by atoms with Gasteiger partial charge >= 0.3 is 0 Å². The topological polar surface area (TPSA) is 69.3 Å². The lowest BCUT2D eigenvalue weighted by Gasteiger charge is -2.14.